The predicted molar refractivity (Wildman–Crippen MR) is 153 cm³/mol. The SMILES string of the molecule is CCOc1ccc(-n2c(C(CC)N(CCC(C)C)C(=O)Nc3ccccc3F)nc3ccccc3c2=O)cc1. The molecule has 1 heterocycles. The Hall–Kier alpha value is -4.20. The van der Waals surface area contributed by atoms with Crippen LogP contribution >= 0.6 is 0 Å². The summed E-state index contributed by atoms with van der Waals surface area (Å²) >= 11 is 0. The van der Waals surface area contributed by atoms with Crippen LogP contribution in [0.15, 0.2) is 77.6 Å². The second-order valence-corrected chi connectivity index (χ2v) is 9.76. The molecule has 0 aliphatic rings. The van der Waals surface area contributed by atoms with E-state index in [2.05, 4.69) is 19.2 Å². The van der Waals surface area contributed by atoms with Gasteiger partial charge in [-0.25, -0.2) is 14.2 Å². The molecule has 0 saturated heterocycles. The van der Waals surface area contributed by atoms with Crippen molar-refractivity contribution in [2.24, 2.45) is 5.92 Å². The van der Waals surface area contributed by atoms with E-state index in [1.165, 1.54) is 12.1 Å². The van der Waals surface area contributed by atoms with E-state index in [0.29, 0.717) is 53.7 Å². The standard InChI is InChI=1S/C31H35FN4O3/c1-5-28(35(20-19-21(3)4)31(38)34-27-14-10-8-12-25(27)32)29-33-26-13-9-7-11-24(26)30(37)36(29)22-15-17-23(18-16-22)39-6-2/h7-18,21,28H,5-6,19-20H2,1-4H3,(H,34,38). The van der Waals surface area contributed by atoms with Gasteiger partial charge in [0.05, 0.1) is 34.9 Å². The number of amides is 2. The van der Waals surface area contributed by atoms with E-state index >= 15 is 0 Å². The fourth-order valence-corrected chi connectivity index (χ4v) is 4.57. The number of anilines is 1. The van der Waals surface area contributed by atoms with Crippen molar-refractivity contribution in [1.29, 1.82) is 0 Å². The monoisotopic (exact) mass is 530 g/mol. The van der Waals surface area contributed by atoms with E-state index in [4.69, 9.17) is 9.72 Å². The molecule has 0 saturated carbocycles. The molecule has 204 valence electrons. The summed E-state index contributed by atoms with van der Waals surface area (Å²) in [6, 6.07) is 19.5. The molecule has 1 atom stereocenters. The third kappa shape index (κ3) is 6.28. The summed E-state index contributed by atoms with van der Waals surface area (Å²) in [6.07, 6.45) is 1.21. The van der Waals surface area contributed by atoms with Gasteiger partial charge in [-0.2, -0.15) is 0 Å². The quantitative estimate of drug-likeness (QED) is 0.241. The minimum Gasteiger partial charge on any atom is -0.494 e. The Morgan fingerprint density at radius 3 is 2.38 bits per heavy atom. The maximum atomic E-state index is 14.4. The molecule has 1 aromatic heterocycles. The molecule has 3 aromatic carbocycles. The van der Waals surface area contributed by atoms with E-state index in [-0.39, 0.29) is 11.2 Å². The molecule has 1 unspecified atom stereocenters. The Bertz CT molecular complexity index is 1480. The van der Waals surface area contributed by atoms with E-state index in [1.807, 2.05) is 50.2 Å². The smallest absolute Gasteiger partial charge is 0.322 e. The Kier molecular flexibility index (Phi) is 8.96. The van der Waals surface area contributed by atoms with Gasteiger partial charge in [0.15, 0.2) is 0 Å². The second kappa shape index (κ2) is 12.6. The molecule has 0 fully saturated rings. The Labute approximate surface area is 228 Å². The summed E-state index contributed by atoms with van der Waals surface area (Å²) in [5.41, 5.74) is 1.05. The van der Waals surface area contributed by atoms with Crippen molar-refractivity contribution < 1.29 is 13.9 Å². The molecule has 0 aliphatic carbocycles. The minimum atomic E-state index is -0.556. The van der Waals surface area contributed by atoms with E-state index < -0.39 is 17.9 Å². The Morgan fingerprint density at radius 2 is 1.72 bits per heavy atom. The number of rotatable bonds is 10. The number of para-hydroxylation sites is 2. The number of ether oxygens (including phenoxy) is 1. The lowest BCUT2D eigenvalue weighted by atomic mass is 10.1. The molecule has 0 spiro atoms. The summed E-state index contributed by atoms with van der Waals surface area (Å²) in [5.74, 6) is 0.944. The molecule has 1 N–H and O–H groups in total. The number of carbonyl (C=O) groups is 1. The van der Waals surface area contributed by atoms with Crippen molar-refractivity contribution >= 4 is 22.6 Å². The van der Waals surface area contributed by atoms with Crippen LogP contribution in [-0.4, -0.2) is 33.6 Å². The normalized spacial score (nSPS) is 11.9. The van der Waals surface area contributed by atoms with Crippen LogP contribution in [0.3, 0.4) is 0 Å². The lowest BCUT2D eigenvalue weighted by Gasteiger charge is -2.33. The largest absolute Gasteiger partial charge is 0.494 e. The van der Waals surface area contributed by atoms with Crippen molar-refractivity contribution in [1.82, 2.24) is 14.5 Å². The second-order valence-electron chi connectivity index (χ2n) is 9.76. The zero-order valence-corrected chi connectivity index (χ0v) is 22.9. The maximum Gasteiger partial charge on any atom is 0.322 e. The first-order chi connectivity index (χ1) is 18.8. The van der Waals surface area contributed by atoms with Crippen molar-refractivity contribution in [2.75, 3.05) is 18.5 Å². The Morgan fingerprint density at radius 1 is 1.03 bits per heavy atom. The lowest BCUT2D eigenvalue weighted by molar-refractivity contribution is 0.176. The summed E-state index contributed by atoms with van der Waals surface area (Å²) in [6.45, 7) is 8.96. The van der Waals surface area contributed by atoms with Gasteiger partial charge in [0.2, 0.25) is 0 Å². The summed E-state index contributed by atoms with van der Waals surface area (Å²) in [5, 5.41) is 3.21. The number of fused-ring (bicyclic) bond motifs is 1. The van der Waals surface area contributed by atoms with E-state index in [0.717, 1.165) is 6.42 Å². The predicted octanol–water partition coefficient (Wildman–Crippen LogP) is 6.95. The average Bonchev–Trinajstić information content (AvgIpc) is 2.93. The highest BCUT2D eigenvalue weighted by molar-refractivity contribution is 5.89. The van der Waals surface area contributed by atoms with Gasteiger partial charge < -0.3 is 15.0 Å². The molecular weight excluding hydrogens is 495 g/mol. The number of nitrogens with one attached hydrogen (secondary N) is 1. The number of aromatic nitrogens is 2. The number of hydrogen-bond donors (Lipinski definition) is 1. The van der Waals surface area contributed by atoms with Crippen molar-refractivity contribution in [3.05, 3.63) is 94.8 Å². The highest BCUT2D eigenvalue weighted by Crippen LogP contribution is 2.28. The van der Waals surface area contributed by atoms with Crippen molar-refractivity contribution in [3.8, 4) is 11.4 Å². The lowest BCUT2D eigenvalue weighted by Crippen LogP contribution is -2.41. The number of nitrogens with zero attached hydrogens (tertiary/aromatic N) is 3. The third-order valence-electron chi connectivity index (χ3n) is 6.59. The van der Waals surface area contributed by atoms with Crippen LogP contribution in [-0.2, 0) is 0 Å². The zero-order valence-electron chi connectivity index (χ0n) is 22.9. The molecule has 4 rings (SSSR count). The maximum absolute atomic E-state index is 14.4. The summed E-state index contributed by atoms with van der Waals surface area (Å²) in [4.78, 5) is 34.2. The van der Waals surface area contributed by atoms with Gasteiger partial charge in [0, 0.05) is 6.54 Å². The van der Waals surface area contributed by atoms with Gasteiger partial charge in [-0.05, 0) is 74.2 Å². The van der Waals surface area contributed by atoms with Crippen LogP contribution in [0.2, 0.25) is 0 Å². The summed E-state index contributed by atoms with van der Waals surface area (Å²) < 4.78 is 21.6. The van der Waals surface area contributed by atoms with E-state index in [1.54, 1.807) is 33.7 Å². The number of carbonyl (C=O) groups excluding carboxylic acids is 1. The third-order valence-corrected chi connectivity index (χ3v) is 6.59. The van der Waals surface area contributed by atoms with Gasteiger partial charge in [-0.1, -0.05) is 45.0 Å². The van der Waals surface area contributed by atoms with Crippen LogP contribution in [0.1, 0.15) is 52.4 Å². The van der Waals surface area contributed by atoms with Crippen molar-refractivity contribution in [3.63, 3.8) is 0 Å². The first kappa shape index (κ1) is 27.8. The molecule has 0 bridgehead atoms. The first-order valence-electron chi connectivity index (χ1n) is 13.4. The number of urea groups is 1. The van der Waals surface area contributed by atoms with Crippen LogP contribution in [0.4, 0.5) is 14.9 Å². The van der Waals surface area contributed by atoms with E-state index in [9.17, 15) is 14.0 Å². The zero-order chi connectivity index (χ0) is 27.9. The number of halogens is 1. The molecule has 7 nitrogen and oxygen atoms in total. The van der Waals surface area contributed by atoms with Crippen molar-refractivity contribution in [2.45, 2.75) is 46.6 Å². The highest BCUT2D eigenvalue weighted by Gasteiger charge is 2.29. The molecule has 0 radical (unpaired) electrons. The first-order valence-corrected chi connectivity index (χ1v) is 13.4. The fourth-order valence-electron chi connectivity index (χ4n) is 4.57. The fraction of sp³-hybridized carbons (Fsp3) is 0.323. The number of benzene rings is 3. The minimum absolute atomic E-state index is 0.0993. The molecule has 0 aliphatic heterocycles. The summed E-state index contributed by atoms with van der Waals surface area (Å²) in [7, 11) is 0. The van der Waals surface area contributed by atoms with Crippen LogP contribution < -0.4 is 15.6 Å². The van der Waals surface area contributed by atoms with Crippen LogP contribution in [0.5, 0.6) is 5.75 Å². The van der Waals surface area contributed by atoms with Gasteiger partial charge in [-0.15, -0.1) is 0 Å². The molecule has 4 aromatic rings. The van der Waals surface area contributed by atoms with Gasteiger partial charge in [0.25, 0.3) is 5.56 Å². The molecule has 2 amide bonds. The van der Waals surface area contributed by atoms with Crippen LogP contribution in [0.25, 0.3) is 16.6 Å². The average molecular weight is 531 g/mol. The molecule has 8 heteroatoms. The molecule has 39 heavy (non-hydrogen) atoms. The van der Waals surface area contributed by atoms with Gasteiger partial charge in [0.1, 0.15) is 17.4 Å². The Balaban J connectivity index is 1.86. The molecular formula is C31H35FN4O3. The highest BCUT2D eigenvalue weighted by atomic mass is 19.1. The van der Waals surface area contributed by atoms with Crippen LogP contribution in [0, 0.1) is 11.7 Å². The van der Waals surface area contributed by atoms with Gasteiger partial charge in [-0.3, -0.25) is 9.36 Å². The topological polar surface area (TPSA) is 76.5 Å². The van der Waals surface area contributed by atoms with Gasteiger partial charge >= 0.3 is 6.03 Å². The number of hydrogen-bond acceptors (Lipinski definition) is 4.